The first-order valence-corrected chi connectivity index (χ1v) is 5.46. The zero-order chi connectivity index (χ0) is 16.1. The molecule has 0 spiro atoms. The second-order valence-corrected chi connectivity index (χ2v) is 3.61. The van der Waals surface area contributed by atoms with Crippen molar-refractivity contribution in [2.24, 2.45) is 0 Å². The van der Waals surface area contributed by atoms with Crippen LogP contribution >= 0.6 is 0 Å². The molecule has 0 aromatic rings. The molecule has 20 heavy (non-hydrogen) atoms. The fourth-order valence-corrected chi connectivity index (χ4v) is 0.594. The highest BCUT2D eigenvalue weighted by Gasteiger charge is 2.12. The van der Waals surface area contributed by atoms with Gasteiger partial charge in [-0.1, -0.05) is 0 Å². The van der Waals surface area contributed by atoms with Crippen molar-refractivity contribution in [3.63, 3.8) is 0 Å². The smallest absolute Gasteiger partial charge is 0.356 e. The molecule has 0 heterocycles. The number of rotatable bonds is 6. The van der Waals surface area contributed by atoms with Crippen molar-refractivity contribution in [2.45, 2.75) is 39.5 Å². The average molecular weight is 292 g/mol. The molecule has 0 aliphatic rings. The number of ketones is 1. The molecule has 9 nitrogen and oxygen atoms in total. The summed E-state index contributed by atoms with van der Waals surface area (Å²) >= 11 is 0. The van der Waals surface area contributed by atoms with E-state index in [9.17, 15) is 24.0 Å². The zero-order valence-corrected chi connectivity index (χ0v) is 11.1. The number of Topliss-reactive ketones (excluding diaryl/α,β-unsaturated/α-hetero) is 1. The predicted octanol–water partition coefficient (Wildman–Crippen LogP) is 0.313. The molecule has 9 heteroatoms. The van der Waals surface area contributed by atoms with Crippen molar-refractivity contribution in [1.29, 1.82) is 0 Å². The van der Waals surface area contributed by atoms with E-state index in [2.05, 4.69) is 9.78 Å². The summed E-state index contributed by atoms with van der Waals surface area (Å²) in [5, 5.41) is 16.4. The van der Waals surface area contributed by atoms with Gasteiger partial charge < -0.3 is 15.0 Å². The average Bonchev–Trinajstić information content (AvgIpc) is 2.30. The van der Waals surface area contributed by atoms with E-state index < -0.39 is 49.6 Å². The van der Waals surface area contributed by atoms with Crippen molar-refractivity contribution in [1.82, 2.24) is 0 Å². The van der Waals surface area contributed by atoms with E-state index in [1.807, 2.05) is 0 Å². The highest BCUT2D eigenvalue weighted by molar-refractivity contribution is 5.78. The molecule has 0 rings (SSSR count). The van der Waals surface area contributed by atoms with Gasteiger partial charge in [0.2, 0.25) is 0 Å². The molecule has 0 saturated carbocycles. The Morgan fingerprint density at radius 1 is 0.700 bits per heavy atom. The molecule has 0 amide bonds. The Morgan fingerprint density at radius 2 is 0.950 bits per heavy atom. The minimum Gasteiger partial charge on any atom is -0.481 e. The van der Waals surface area contributed by atoms with Gasteiger partial charge in [0.1, 0.15) is 5.78 Å². The Hall–Kier alpha value is -2.45. The Kier molecular flexibility index (Phi) is 11.6. The highest BCUT2D eigenvalue weighted by Crippen LogP contribution is 1.97. The second-order valence-electron chi connectivity index (χ2n) is 3.61. The quantitative estimate of drug-likeness (QED) is 0.521. The third-order valence-corrected chi connectivity index (χ3v) is 1.31. The van der Waals surface area contributed by atoms with Crippen molar-refractivity contribution >= 4 is 29.7 Å². The number of hydrogen-bond acceptors (Lipinski definition) is 7. The number of carbonyl (C=O) groups is 5. The molecule has 0 aromatic heterocycles. The Bertz CT molecular complexity index is 338. The summed E-state index contributed by atoms with van der Waals surface area (Å²) < 4.78 is 0. The molecule has 0 saturated heterocycles. The number of carboxylic acids is 2. The van der Waals surface area contributed by atoms with Gasteiger partial charge in [-0.05, 0) is 13.8 Å². The van der Waals surface area contributed by atoms with E-state index >= 15 is 0 Å². The van der Waals surface area contributed by atoms with Crippen molar-refractivity contribution in [3.05, 3.63) is 0 Å². The van der Waals surface area contributed by atoms with Gasteiger partial charge in [0.05, 0.1) is 25.7 Å². The molecule has 0 aromatic carbocycles. The molecule has 0 atom stereocenters. The molecule has 0 fully saturated rings. The van der Waals surface area contributed by atoms with Crippen LogP contribution in [0.25, 0.3) is 0 Å². The van der Waals surface area contributed by atoms with Crippen LogP contribution in [-0.2, 0) is 33.7 Å². The molecule has 0 aliphatic heterocycles. The second kappa shape index (κ2) is 11.6. The Morgan fingerprint density at radius 3 is 1.15 bits per heavy atom. The minimum atomic E-state index is -1.19. The first kappa shape index (κ1) is 19.9. The van der Waals surface area contributed by atoms with E-state index in [4.69, 9.17) is 10.2 Å². The van der Waals surface area contributed by atoms with Gasteiger partial charge in [-0.15, -0.1) is 0 Å². The monoisotopic (exact) mass is 292 g/mol. The third-order valence-electron chi connectivity index (χ3n) is 1.31. The number of carboxylic acid groups (broad SMARTS) is 2. The fourth-order valence-electron chi connectivity index (χ4n) is 0.594. The largest absolute Gasteiger partial charge is 0.481 e. The zero-order valence-electron chi connectivity index (χ0n) is 11.1. The Labute approximate surface area is 114 Å². The van der Waals surface area contributed by atoms with Crippen LogP contribution in [0.1, 0.15) is 39.5 Å². The minimum absolute atomic E-state index is 0.167. The predicted molar refractivity (Wildman–Crippen MR) is 62.3 cm³/mol. The van der Waals surface area contributed by atoms with Crippen LogP contribution in [0.3, 0.4) is 0 Å². The van der Waals surface area contributed by atoms with E-state index in [0.29, 0.717) is 0 Å². The van der Waals surface area contributed by atoms with Crippen molar-refractivity contribution < 1.29 is 44.0 Å². The van der Waals surface area contributed by atoms with Crippen LogP contribution < -0.4 is 0 Å². The summed E-state index contributed by atoms with van der Waals surface area (Å²) in [4.78, 5) is 58.8. The van der Waals surface area contributed by atoms with Crippen molar-refractivity contribution in [3.8, 4) is 0 Å². The third kappa shape index (κ3) is 20.9. The Balaban J connectivity index is 0. The summed E-state index contributed by atoms with van der Waals surface area (Å²) in [5.41, 5.74) is 0. The van der Waals surface area contributed by atoms with Crippen LogP contribution in [-0.4, -0.2) is 39.9 Å². The number of hydrogen-bond donors (Lipinski definition) is 2. The van der Waals surface area contributed by atoms with Crippen LogP contribution in [0.5, 0.6) is 0 Å². The van der Waals surface area contributed by atoms with Gasteiger partial charge in [0.25, 0.3) is 0 Å². The first-order chi connectivity index (χ1) is 9.15. The lowest BCUT2D eigenvalue weighted by Gasteiger charge is -2.01. The lowest BCUT2D eigenvalue weighted by molar-refractivity contribution is -0.259. The summed E-state index contributed by atoms with van der Waals surface area (Å²) in [6.45, 7) is 3.06. The summed E-state index contributed by atoms with van der Waals surface area (Å²) in [5.74, 6) is -4.22. The summed E-state index contributed by atoms with van der Waals surface area (Å²) in [6, 6.07) is 0. The van der Waals surface area contributed by atoms with E-state index in [-0.39, 0.29) is 5.78 Å². The van der Waals surface area contributed by atoms with Crippen LogP contribution in [0.15, 0.2) is 0 Å². The molecular weight excluding hydrogens is 276 g/mol. The van der Waals surface area contributed by atoms with Crippen LogP contribution in [0.2, 0.25) is 0 Å². The maximum absolute atomic E-state index is 10.7. The molecule has 0 radical (unpaired) electrons. The SMILES string of the molecule is CC(C)=O.O=C(O)CCC(=O)OOC(=O)CCC(=O)O. The maximum atomic E-state index is 10.7. The van der Waals surface area contributed by atoms with E-state index in [1.54, 1.807) is 0 Å². The normalized spacial score (nSPS) is 8.70. The lowest BCUT2D eigenvalue weighted by atomic mass is 10.3. The van der Waals surface area contributed by atoms with Gasteiger partial charge in [0.15, 0.2) is 0 Å². The molecular formula is C11H16O9. The fraction of sp³-hybridized carbons (Fsp3) is 0.545. The number of aliphatic carboxylic acids is 2. The standard InChI is InChI=1S/C8H10O8.C3H6O/c9-5(10)1-3-7(13)15-16-8(14)4-2-6(11)12;1-3(2)4/h1-4H2,(H,9,10)(H,11,12);1-2H3. The van der Waals surface area contributed by atoms with Crippen molar-refractivity contribution in [2.75, 3.05) is 0 Å². The maximum Gasteiger partial charge on any atom is 0.356 e. The topological polar surface area (TPSA) is 144 Å². The van der Waals surface area contributed by atoms with Gasteiger partial charge in [0, 0.05) is 0 Å². The van der Waals surface area contributed by atoms with Crippen LogP contribution in [0, 0.1) is 0 Å². The molecule has 0 aliphatic carbocycles. The van der Waals surface area contributed by atoms with Crippen LogP contribution in [0.4, 0.5) is 0 Å². The van der Waals surface area contributed by atoms with E-state index in [0.717, 1.165) is 0 Å². The first-order valence-electron chi connectivity index (χ1n) is 5.46. The van der Waals surface area contributed by atoms with E-state index in [1.165, 1.54) is 13.8 Å². The number of carbonyl (C=O) groups excluding carboxylic acids is 3. The highest BCUT2D eigenvalue weighted by atomic mass is 17.2. The molecule has 2 N–H and O–H groups in total. The summed E-state index contributed by atoms with van der Waals surface area (Å²) in [7, 11) is 0. The molecule has 114 valence electrons. The lowest BCUT2D eigenvalue weighted by Crippen LogP contribution is -2.13. The van der Waals surface area contributed by atoms with Gasteiger partial charge in [-0.25, -0.2) is 19.4 Å². The molecule has 0 unspecified atom stereocenters. The summed E-state index contributed by atoms with van der Waals surface area (Å²) in [6.07, 6.45) is -1.74. The van der Waals surface area contributed by atoms with Gasteiger partial charge in [-0.2, -0.15) is 0 Å². The van der Waals surface area contributed by atoms with Gasteiger partial charge >= 0.3 is 23.9 Å². The molecule has 0 bridgehead atoms. The van der Waals surface area contributed by atoms with Gasteiger partial charge in [-0.3, -0.25) is 9.59 Å².